The predicted molar refractivity (Wildman–Crippen MR) is 78.8 cm³/mol. The summed E-state index contributed by atoms with van der Waals surface area (Å²) in [6.45, 7) is 6.52. The Morgan fingerprint density at radius 2 is 1.47 bits per heavy atom. The minimum absolute atomic E-state index is 0.0261. The Bertz CT molecular complexity index is 563. The van der Waals surface area contributed by atoms with E-state index in [1.54, 1.807) is 19.2 Å². The molecule has 0 fully saturated rings. The van der Waals surface area contributed by atoms with Gasteiger partial charge in [-0.1, -0.05) is 39.0 Å². The number of benzene rings is 2. The zero-order valence-corrected chi connectivity index (χ0v) is 11.9. The third kappa shape index (κ3) is 2.90. The molecule has 2 aromatic rings. The molecular formula is C17H20O2. The Morgan fingerprint density at radius 1 is 0.895 bits per heavy atom. The molecule has 0 amide bonds. The average molecular weight is 256 g/mol. The number of hydrogen-bond acceptors (Lipinski definition) is 2. The predicted octanol–water partition coefficient (Wildman–Crippen LogP) is 4.37. The molecule has 0 bridgehead atoms. The highest BCUT2D eigenvalue weighted by Gasteiger charge is 2.19. The minimum atomic E-state index is 0.0261. The van der Waals surface area contributed by atoms with Crippen LogP contribution in [0.4, 0.5) is 0 Å². The quantitative estimate of drug-likeness (QED) is 0.864. The van der Waals surface area contributed by atoms with Gasteiger partial charge < -0.3 is 9.84 Å². The topological polar surface area (TPSA) is 29.5 Å². The van der Waals surface area contributed by atoms with Crippen LogP contribution in [0.15, 0.2) is 42.5 Å². The van der Waals surface area contributed by atoms with Crippen LogP contribution in [-0.4, -0.2) is 12.2 Å². The van der Waals surface area contributed by atoms with E-state index in [1.807, 2.05) is 24.3 Å². The van der Waals surface area contributed by atoms with Crippen LogP contribution in [0.5, 0.6) is 11.5 Å². The van der Waals surface area contributed by atoms with Crippen molar-refractivity contribution in [3.05, 3.63) is 48.0 Å². The lowest BCUT2D eigenvalue weighted by Crippen LogP contribution is -2.12. The zero-order valence-electron chi connectivity index (χ0n) is 11.9. The van der Waals surface area contributed by atoms with E-state index in [0.29, 0.717) is 0 Å². The van der Waals surface area contributed by atoms with Crippen molar-refractivity contribution in [2.24, 2.45) is 0 Å². The van der Waals surface area contributed by atoms with Crippen LogP contribution in [0.25, 0.3) is 11.1 Å². The second-order valence-corrected chi connectivity index (χ2v) is 5.71. The minimum Gasteiger partial charge on any atom is -0.508 e. The summed E-state index contributed by atoms with van der Waals surface area (Å²) < 4.78 is 5.44. The van der Waals surface area contributed by atoms with Gasteiger partial charge in [0.05, 0.1) is 7.11 Å². The third-order valence-electron chi connectivity index (χ3n) is 3.21. The van der Waals surface area contributed by atoms with E-state index < -0.39 is 0 Å². The van der Waals surface area contributed by atoms with Gasteiger partial charge in [-0.3, -0.25) is 0 Å². The molecule has 2 nitrogen and oxygen atoms in total. The highest BCUT2D eigenvalue weighted by Crippen LogP contribution is 2.35. The van der Waals surface area contributed by atoms with Crippen molar-refractivity contribution in [3.8, 4) is 22.6 Å². The van der Waals surface area contributed by atoms with Crippen molar-refractivity contribution >= 4 is 0 Å². The maximum Gasteiger partial charge on any atom is 0.122 e. The molecule has 0 saturated heterocycles. The smallest absolute Gasteiger partial charge is 0.122 e. The Hall–Kier alpha value is -1.96. The van der Waals surface area contributed by atoms with Crippen molar-refractivity contribution in [3.63, 3.8) is 0 Å². The number of phenols is 1. The lowest BCUT2D eigenvalue weighted by atomic mass is 9.84. The molecule has 0 heterocycles. The molecule has 0 unspecified atom stereocenters. The summed E-state index contributed by atoms with van der Waals surface area (Å²) in [4.78, 5) is 0. The van der Waals surface area contributed by atoms with E-state index in [2.05, 4.69) is 26.8 Å². The fourth-order valence-corrected chi connectivity index (χ4v) is 2.13. The SMILES string of the molecule is COc1ccc(-c2ccc(O)cc2)cc1C(C)(C)C. The Labute approximate surface area is 114 Å². The van der Waals surface area contributed by atoms with Crippen LogP contribution in [0.2, 0.25) is 0 Å². The highest BCUT2D eigenvalue weighted by molar-refractivity contribution is 5.67. The fourth-order valence-electron chi connectivity index (χ4n) is 2.13. The van der Waals surface area contributed by atoms with Crippen LogP contribution in [0, 0.1) is 0 Å². The summed E-state index contributed by atoms with van der Waals surface area (Å²) in [6.07, 6.45) is 0. The molecule has 0 aromatic heterocycles. The molecule has 0 spiro atoms. The van der Waals surface area contributed by atoms with Crippen molar-refractivity contribution in [2.45, 2.75) is 26.2 Å². The van der Waals surface area contributed by atoms with Gasteiger partial charge in [-0.15, -0.1) is 0 Å². The lowest BCUT2D eigenvalue weighted by molar-refractivity contribution is 0.397. The van der Waals surface area contributed by atoms with E-state index in [1.165, 1.54) is 5.56 Å². The van der Waals surface area contributed by atoms with Gasteiger partial charge in [-0.05, 0) is 40.8 Å². The first kappa shape index (κ1) is 13.5. The second-order valence-electron chi connectivity index (χ2n) is 5.71. The Morgan fingerprint density at radius 3 is 2.00 bits per heavy atom. The van der Waals surface area contributed by atoms with Gasteiger partial charge in [0.1, 0.15) is 11.5 Å². The van der Waals surface area contributed by atoms with Crippen molar-refractivity contribution in [1.82, 2.24) is 0 Å². The van der Waals surface area contributed by atoms with Gasteiger partial charge in [0, 0.05) is 5.56 Å². The molecule has 0 atom stereocenters. The Kier molecular flexibility index (Phi) is 3.52. The monoisotopic (exact) mass is 256 g/mol. The summed E-state index contributed by atoms with van der Waals surface area (Å²) in [5.41, 5.74) is 3.43. The first-order valence-electron chi connectivity index (χ1n) is 6.40. The highest BCUT2D eigenvalue weighted by atomic mass is 16.5. The molecule has 0 aliphatic heterocycles. The van der Waals surface area contributed by atoms with Gasteiger partial charge in [-0.2, -0.15) is 0 Å². The van der Waals surface area contributed by atoms with Crippen LogP contribution in [0.3, 0.4) is 0 Å². The molecule has 1 N–H and O–H groups in total. The van der Waals surface area contributed by atoms with Gasteiger partial charge >= 0.3 is 0 Å². The van der Waals surface area contributed by atoms with Crippen LogP contribution >= 0.6 is 0 Å². The maximum absolute atomic E-state index is 9.35. The number of hydrogen-bond donors (Lipinski definition) is 1. The lowest BCUT2D eigenvalue weighted by Gasteiger charge is -2.23. The van der Waals surface area contributed by atoms with Crippen LogP contribution in [0.1, 0.15) is 26.3 Å². The zero-order chi connectivity index (χ0) is 14.0. The van der Waals surface area contributed by atoms with E-state index >= 15 is 0 Å². The summed E-state index contributed by atoms with van der Waals surface area (Å²) in [5, 5.41) is 9.35. The van der Waals surface area contributed by atoms with Gasteiger partial charge in [-0.25, -0.2) is 0 Å². The molecule has 19 heavy (non-hydrogen) atoms. The molecule has 0 aliphatic carbocycles. The molecule has 2 rings (SSSR count). The molecule has 0 radical (unpaired) electrons. The van der Waals surface area contributed by atoms with Gasteiger partial charge in [0.25, 0.3) is 0 Å². The number of aromatic hydroxyl groups is 1. The van der Waals surface area contributed by atoms with Crippen molar-refractivity contribution in [2.75, 3.05) is 7.11 Å². The van der Waals surface area contributed by atoms with Gasteiger partial charge in [0.15, 0.2) is 0 Å². The molecule has 0 saturated carbocycles. The number of phenolic OH excluding ortho intramolecular Hbond substituents is 1. The van der Waals surface area contributed by atoms with Crippen molar-refractivity contribution < 1.29 is 9.84 Å². The van der Waals surface area contributed by atoms with E-state index in [0.717, 1.165) is 16.9 Å². The number of methoxy groups -OCH3 is 1. The Balaban J connectivity index is 2.52. The molecule has 2 heteroatoms. The number of rotatable bonds is 2. The summed E-state index contributed by atoms with van der Waals surface area (Å²) in [7, 11) is 1.70. The van der Waals surface area contributed by atoms with Crippen LogP contribution in [-0.2, 0) is 5.41 Å². The van der Waals surface area contributed by atoms with E-state index in [4.69, 9.17) is 4.74 Å². The normalized spacial score (nSPS) is 11.4. The van der Waals surface area contributed by atoms with E-state index in [9.17, 15) is 5.11 Å². The molecule has 0 aliphatic rings. The van der Waals surface area contributed by atoms with Crippen LogP contribution < -0.4 is 4.74 Å². The molecule has 100 valence electrons. The first-order chi connectivity index (χ1) is 8.91. The first-order valence-corrected chi connectivity index (χ1v) is 6.40. The largest absolute Gasteiger partial charge is 0.508 e. The third-order valence-corrected chi connectivity index (χ3v) is 3.21. The number of ether oxygens (including phenoxy) is 1. The van der Waals surface area contributed by atoms with Crippen molar-refractivity contribution in [1.29, 1.82) is 0 Å². The summed E-state index contributed by atoms with van der Waals surface area (Å²) in [6, 6.07) is 13.5. The average Bonchev–Trinajstić information content (AvgIpc) is 2.38. The molecule has 2 aromatic carbocycles. The second kappa shape index (κ2) is 4.96. The van der Waals surface area contributed by atoms with E-state index in [-0.39, 0.29) is 11.2 Å². The summed E-state index contributed by atoms with van der Waals surface area (Å²) in [5.74, 6) is 1.20. The van der Waals surface area contributed by atoms with Gasteiger partial charge in [0.2, 0.25) is 0 Å². The fraction of sp³-hybridized carbons (Fsp3) is 0.294. The summed E-state index contributed by atoms with van der Waals surface area (Å²) >= 11 is 0. The standard InChI is InChI=1S/C17H20O2/c1-17(2,3)15-11-13(7-10-16(15)19-4)12-5-8-14(18)9-6-12/h5-11,18H,1-4H3. The maximum atomic E-state index is 9.35. The molecular weight excluding hydrogens is 236 g/mol.